The van der Waals surface area contributed by atoms with Gasteiger partial charge in [-0.3, -0.25) is 18.6 Å². The number of fused-ring (bicyclic) bond motifs is 3. The highest BCUT2D eigenvalue weighted by atomic mass is 32.2. The number of ether oxygens (including phenoxy) is 1. The molecule has 1 aliphatic rings. The second kappa shape index (κ2) is 10.2. The van der Waals surface area contributed by atoms with E-state index in [0.29, 0.717) is 40.6 Å². The second-order valence-corrected chi connectivity index (χ2v) is 12.0. The molecule has 4 aromatic rings. The summed E-state index contributed by atoms with van der Waals surface area (Å²) in [5.41, 5.74) is 1.27. The lowest BCUT2D eigenvalue weighted by molar-refractivity contribution is -0.129. The fourth-order valence-corrected chi connectivity index (χ4v) is 7.40. The zero-order valence-electron chi connectivity index (χ0n) is 20.5. The number of hydrogen-bond acceptors (Lipinski definition) is 8. The van der Waals surface area contributed by atoms with Crippen molar-refractivity contribution < 1.29 is 17.9 Å². The minimum atomic E-state index is -3.10. The van der Waals surface area contributed by atoms with Gasteiger partial charge >= 0.3 is 0 Å². The van der Waals surface area contributed by atoms with Gasteiger partial charge in [0.1, 0.15) is 5.75 Å². The van der Waals surface area contributed by atoms with Gasteiger partial charge in [-0.2, -0.15) is 0 Å². The third kappa shape index (κ3) is 4.82. The number of carbonyl (C=O) groups excluding carboxylic acids is 1. The van der Waals surface area contributed by atoms with E-state index in [1.165, 1.54) is 11.8 Å². The zero-order valence-corrected chi connectivity index (χ0v) is 22.2. The number of thioether (sulfide) groups is 1. The molecule has 2 aromatic heterocycles. The molecule has 0 N–H and O–H groups in total. The van der Waals surface area contributed by atoms with Crippen LogP contribution in [0.25, 0.3) is 16.7 Å². The van der Waals surface area contributed by atoms with Crippen LogP contribution in [-0.2, 0) is 21.2 Å². The maximum atomic E-state index is 13.5. The van der Waals surface area contributed by atoms with Gasteiger partial charge in [-0.25, -0.2) is 8.42 Å². The predicted octanol–water partition coefficient (Wildman–Crippen LogP) is 2.23. The maximum Gasteiger partial charge on any atom is 0.263 e. The lowest BCUT2D eigenvalue weighted by atomic mass is 10.2. The van der Waals surface area contributed by atoms with E-state index in [0.717, 1.165) is 5.56 Å². The van der Waals surface area contributed by atoms with Crippen LogP contribution in [0.1, 0.15) is 18.9 Å². The van der Waals surface area contributed by atoms with Crippen LogP contribution in [0.4, 0.5) is 0 Å². The van der Waals surface area contributed by atoms with E-state index in [1.54, 1.807) is 33.1 Å². The number of nitrogens with zero attached hydrogens (tertiary/aromatic N) is 5. The third-order valence-electron chi connectivity index (χ3n) is 6.63. The fraction of sp³-hybridized carbons (Fsp3) is 0.360. The number of methoxy groups -OCH3 is 1. The number of sulfone groups is 1. The average Bonchev–Trinajstić information content (AvgIpc) is 3.48. The lowest BCUT2D eigenvalue weighted by Crippen LogP contribution is -2.42. The molecule has 2 aromatic carbocycles. The highest BCUT2D eigenvalue weighted by Crippen LogP contribution is 2.25. The summed E-state index contributed by atoms with van der Waals surface area (Å²) in [4.78, 5) is 28.2. The summed E-state index contributed by atoms with van der Waals surface area (Å²) in [5.74, 6) is 1.06. The Balaban J connectivity index is 1.50. The van der Waals surface area contributed by atoms with Crippen molar-refractivity contribution in [2.75, 3.05) is 30.9 Å². The van der Waals surface area contributed by atoms with E-state index >= 15 is 0 Å². The van der Waals surface area contributed by atoms with Gasteiger partial charge in [-0.15, -0.1) is 10.2 Å². The average molecular weight is 542 g/mol. The SMILES string of the molecule is CCN(C(=O)CSc1nnc2n(Cc3ccccc3OC)c(=O)c3ccccc3n12)C1CCS(=O)(=O)C1. The van der Waals surface area contributed by atoms with Gasteiger partial charge in [0.05, 0.1) is 41.8 Å². The molecule has 0 spiro atoms. The molecule has 1 aliphatic heterocycles. The first-order chi connectivity index (χ1) is 17.8. The number of benzene rings is 2. The van der Waals surface area contributed by atoms with Crippen LogP contribution in [0.5, 0.6) is 5.75 Å². The van der Waals surface area contributed by atoms with Crippen molar-refractivity contribution in [1.29, 1.82) is 0 Å². The van der Waals surface area contributed by atoms with Crippen LogP contribution in [0, 0.1) is 0 Å². The van der Waals surface area contributed by atoms with Gasteiger partial charge < -0.3 is 9.64 Å². The molecule has 1 saturated heterocycles. The number of rotatable bonds is 8. The van der Waals surface area contributed by atoms with Crippen LogP contribution in [0.2, 0.25) is 0 Å². The van der Waals surface area contributed by atoms with E-state index in [9.17, 15) is 18.0 Å². The maximum absolute atomic E-state index is 13.5. The Morgan fingerprint density at radius 2 is 1.92 bits per heavy atom. The highest BCUT2D eigenvalue weighted by Gasteiger charge is 2.34. The lowest BCUT2D eigenvalue weighted by Gasteiger charge is -2.26. The van der Waals surface area contributed by atoms with Gasteiger partial charge in [0.15, 0.2) is 15.0 Å². The van der Waals surface area contributed by atoms with Gasteiger partial charge in [0, 0.05) is 18.2 Å². The summed E-state index contributed by atoms with van der Waals surface area (Å²) in [5, 5.41) is 9.64. The Bertz CT molecular complexity index is 1650. The summed E-state index contributed by atoms with van der Waals surface area (Å²) in [6.45, 7) is 2.52. The summed E-state index contributed by atoms with van der Waals surface area (Å²) >= 11 is 1.22. The monoisotopic (exact) mass is 541 g/mol. The third-order valence-corrected chi connectivity index (χ3v) is 9.30. The van der Waals surface area contributed by atoms with E-state index in [-0.39, 0.29) is 41.3 Å². The molecule has 0 bridgehead atoms. The van der Waals surface area contributed by atoms with Crippen LogP contribution >= 0.6 is 11.8 Å². The molecule has 5 rings (SSSR count). The molecule has 0 aliphatic carbocycles. The molecule has 3 heterocycles. The summed E-state index contributed by atoms with van der Waals surface area (Å²) in [6.07, 6.45) is 0.459. The van der Waals surface area contributed by atoms with Crippen molar-refractivity contribution in [2.45, 2.75) is 31.1 Å². The largest absolute Gasteiger partial charge is 0.496 e. The molecule has 37 heavy (non-hydrogen) atoms. The molecule has 12 heteroatoms. The minimum absolute atomic E-state index is 0.00493. The van der Waals surface area contributed by atoms with Gasteiger partial charge in [-0.1, -0.05) is 42.1 Å². The first-order valence-electron chi connectivity index (χ1n) is 11.9. The van der Waals surface area contributed by atoms with E-state index < -0.39 is 9.84 Å². The van der Waals surface area contributed by atoms with E-state index in [1.807, 2.05) is 43.3 Å². The van der Waals surface area contributed by atoms with Crippen molar-refractivity contribution in [1.82, 2.24) is 24.1 Å². The normalized spacial score (nSPS) is 16.9. The molecule has 194 valence electrons. The van der Waals surface area contributed by atoms with E-state index in [2.05, 4.69) is 10.2 Å². The Hall–Kier alpha value is -3.38. The number of carbonyl (C=O) groups is 1. The van der Waals surface area contributed by atoms with Gasteiger partial charge in [0.25, 0.3) is 5.56 Å². The first-order valence-corrected chi connectivity index (χ1v) is 14.7. The molecule has 10 nitrogen and oxygen atoms in total. The summed E-state index contributed by atoms with van der Waals surface area (Å²) < 4.78 is 32.7. The summed E-state index contributed by atoms with van der Waals surface area (Å²) in [6, 6.07) is 14.4. The molecule has 1 unspecified atom stereocenters. The minimum Gasteiger partial charge on any atom is -0.496 e. The smallest absolute Gasteiger partial charge is 0.263 e. The topological polar surface area (TPSA) is 116 Å². The fourth-order valence-electron chi connectivity index (χ4n) is 4.84. The quantitative estimate of drug-likeness (QED) is 0.312. The van der Waals surface area contributed by atoms with Crippen molar-refractivity contribution in [3.05, 3.63) is 64.4 Å². The van der Waals surface area contributed by atoms with Crippen LogP contribution in [0.3, 0.4) is 0 Å². The number of aromatic nitrogens is 4. The molecular formula is C25H27N5O5S2. The van der Waals surface area contributed by atoms with Crippen molar-refractivity contribution in [2.24, 2.45) is 0 Å². The first kappa shape index (κ1) is 25.3. The Morgan fingerprint density at radius 1 is 1.16 bits per heavy atom. The number of para-hydroxylation sites is 2. The molecular weight excluding hydrogens is 514 g/mol. The predicted molar refractivity (Wildman–Crippen MR) is 142 cm³/mol. The molecule has 1 atom stereocenters. The molecule has 1 amide bonds. The number of hydrogen-bond donors (Lipinski definition) is 0. The molecule has 0 radical (unpaired) electrons. The highest BCUT2D eigenvalue weighted by molar-refractivity contribution is 7.99. The number of amides is 1. The van der Waals surface area contributed by atoms with Gasteiger partial charge in [0.2, 0.25) is 11.7 Å². The Labute approximate surface area is 218 Å². The van der Waals surface area contributed by atoms with Crippen LogP contribution in [-0.4, -0.2) is 75.3 Å². The molecule has 1 fully saturated rings. The Kier molecular flexibility index (Phi) is 6.95. The van der Waals surface area contributed by atoms with Crippen molar-refractivity contribution in [3.8, 4) is 5.75 Å². The second-order valence-electron chi connectivity index (χ2n) is 8.86. The van der Waals surface area contributed by atoms with Crippen molar-refractivity contribution in [3.63, 3.8) is 0 Å². The Morgan fingerprint density at radius 3 is 2.65 bits per heavy atom. The summed E-state index contributed by atoms with van der Waals surface area (Å²) in [7, 11) is -1.52. The van der Waals surface area contributed by atoms with Crippen LogP contribution < -0.4 is 10.3 Å². The van der Waals surface area contributed by atoms with Crippen molar-refractivity contribution >= 4 is 44.2 Å². The molecule has 0 saturated carbocycles. The standard InChI is InChI=1S/C25H27N5O5S2/c1-3-28(18-12-13-37(33,34)16-18)22(31)15-36-25-27-26-24-29(14-17-8-4-7-11-21(17)35-2)23(32)19-9-5-6-10-20(19)30(24)25/h4-11,18H,3,12-16H2,1-2H3. The zero-order chi connectivity index (χ0) is 26.2. The van der Waals surface area contributed by atoms with Crippen LogP contribution in [0.15, 0.2) is 58.5 Å². The van der Waals surface area contributed by atoms with E-state index in [4.69, 9.17) is 4.74 Å². The van der Waals surface area contributed by atoms with Gasteiger partial charge in [-0.05, 0) is 31.5 Å².